The van der Waals surface area contributed by atoms with E-state index in [1.807, 2.05) is 0 Å². The fourth-order valence-electron chi connectivity index (χ4n) is 2.03. The Labute approximate surface area is 108 Å². The monoisotopic (exact) mass is 300 g/mol. The van der Waals surface area contributed by atoms with E-state index in [1.54, 1.807) is 11.0 Å². The molecule has 1 amide bonds. The number of rotatable bonds is 1. The number of halogens is 2. The summed E-state index contributed by atoms with van der Waals surface area (Å²) in [6.07, 6.45) is 1.80. The summed E-state index contributed by atoms with van der Waals surface area (Å²) in [5.41, 5.74) is 5.92. The first-order valence-corrected chi connectivity index (χ1v) is 6.37. The third-order valence-electron chi connectivity index (χ3n) is 2.90. The van der Waals surface area contributed by atoms with Gasteiger partial charge in [-0.15, -0.1) is 0 Å². The summed E-state index contributed by atoms with van der Waals surface area (Å²) in [6.45, 7) is 1.16. The molecule has 1 unspecified atom stereocenters. The lowest BCUT2D eigenvalue weighted by Crippen LogP contribution is -2.45. The van der Waals surface area contributed by atoms with E-state index in [0.29, 0.717) is 17.6 Å². The van der Waals surface area contributed by atoms with E-state index in [4.69, 9.17) is 5.73 Å². The van der Waals surface area contributed by atoms with Crippen LogP contribution in [0.25, 0.3) is 0 Å². The summed E-state index contributed by atoms with van der Waals surface area (Å²) in [6, 6.07) is 4.38. The van der Waals surface area contributed by atoms with Crippen LogP contribution in [0.4, 0.5) is 4.39 Å². The number of hydrogen-bond acceptors (Lipinski definition) is 2. The minimum absolute atomic E-state index is 0.00270. The van der Waals surface area contributed by atoms with Crippen molar-refractivity contribution in [3.05, 3.63) is 34.1 Å². The van der Waals surface area contributed by atoms with Gasteiger partial charge in [-0.2, -0.15) is 0 Å². The van der Waals surface area contributed by atoms with Crippen molar-refractivity contribution in [3.63, 3.8) is 0 Å². The number of nitrogens with two attached hydrogens (primary N) is 1. The molecule has 1 aliphatic heterocycles. The Morgan fingerprint density at radius 3 is 3.00 bits per heavy atom. The predicted molar refractivity (Wildman–Crippen MR) is 67.2 cm³/mol. The van der Waals surface area contributed by atoms with Gasteiger partial charge in [-0.3, -0.25) is 4.79 Å². The van der Waals surface area contributed by atoms with Gasteiger partial charge in [-0.05, 0) is 31.0 Å². The van der Waals surface area contributed by atoms with Crippen LogP contribution in [0.15, 0.2) is 22.7 Å². The molecule has 17 heavy (non-hydrogen) atoms. The normalized spacial score (nSPS) is 20.4. The summed E-state index contributed by atoms with van der Waals surface area (Å²) < 4.78 is 14.3. The second-order valence-corrected chi connectivity index (χ2v) is 5.19. The molecule has 92 valence electrons. The molecule has 0 radical (unpaired) electrons. The molecule has 1 aromatic rings. The Kier molecular flexibility index (Phi) is 3.79. The highest BCUT2D eigenvalue weighted by molar-refractivity contribution is 9.10. The molecule has 1 aliphatic rings. The Bertz CT molecular complexity index is 439. The molecule has 1 fully saturated rings. The highest BCUT2D eigenvalue weighted by Gasteiger charge is 2.24. The van der Waals surface area contributed by atoms with Gasteiger partial charge in [0.2, 0.25) is 0 Å². The third kappa shape index (κ3) is 2.84. The molecule has 3 nitrogen and oxygen atoms in total. The van der Waals surface area contributed by atoms with Crippen molar-refractivity contribution >= 4 is 21.8 Å². The van der Waals surface area contributed by atoms with Crippen molar-refractivity contribution in [2.75, 3.05) is 13.1 Å². The molecule has 1 heterocycles. The maximum absolute atomic E-state index is 13.6. The van der Waals surface area contributed by atoms with Crippen LogP contribution in [0.5, 0.6) is 0 Å². The number of hydrogen-bond donors (Lipinski definition) is 1. The summed E-state index contributed by atoms with van der Waals surface area (Å²) in [4.78, 5) is 13.8. The van der Waals surface area contributed by atoms with E-state index < -0.39 is 5.82 Å². The zero-order valence-corrected chi connectivity index (χ0v) is 10.9. The Balaban J connectivity index is 2.21. The molecule has 0 aliphatic carbocycles. The number of piperidine rings is 1. The molecular formula is C12H14BrFN2O. The second kappa shape index (κ2) is 5.14. The van der Waals surface area contributed by atoms with Crippen LogP contribution in [-0.4, -0.2) is 29.9 Å². The standard InChI is InChI=1S/C12H14BrFN2O/c13-8-3-4-11(14)10(6-8)12(17)16-5-1-2-9(15)7-16/h3-4,6,9H,1-2,5,7,15H2. The maximum Gasteiger partial charge on any atom is 0.256 e. The summed E-state index contributed by atoms with van der Waals surface area (Å²) >= 11 is 3.24. The van der Waals surface area contributed by atoms with Gasteiger partial charge >= 0.3 is 0 Å². The average molecular weight is 301 g/mol. The van der Waals surface area contributed by atoms with Crippen LogP contribution in [0, 0.1) is 5.82 Å². The van der Waals surface area contributed by atoms with Crippen molar-refractivity contribution in [2.45, 2.75) is 18.9 Å². The molecule has 0 saturated carbocycles. The van der Waals surface area contributed by atoms with Crippen molar-refractivity contribution in [1.29, 1.82) is 0 Å². The predicted octanol–water partition coefficient (Wildman–Crippen LogP) is 2.15. The molecule has 0 spiro atoms. The molecule has 2 N–H and O–H groups in total. The number of nitrogens with zero attached hydrogens (tertiary/aromatic N) is 1. The molecular weight excluding hydrogens is 287 g/mol. The van der Waals surface area contributed by atoms with E-state index in [-0.39, 0.29) is 17.5 Å². The molecule has 1 atom stereocenters. The fraction of sp³-hybridized carbons (Fsp3) is 0.417. The van der Waals surface area contributed by atoms with Gasteiger partial charge in [-0.1, -0.05) is 15.9 Å². The number of amides is 1. The highest BCUT2D eigenvalue weighted by Crippen LogP contribution is 2.19. The topological polar surface area (TPSA) is 46.3 Å². The van der Waals surface area contributed by atoms with E-state index >= 15 is 0 Å². The minimum atomic E-state index is -0.489. The largest absolute Gasteiger partial charge is 0.337 e. The SMILES string of the molecule is NC1CCCN(C(=O)c2cc(Br)ccc2F)C1. The van der Waals surface area contributed by atoms with Crippen LogP contribution in [0.3, 0.4) is 0 Å². The zero-order valence-electron chi connectivity index (χ0n) is 9.33. The maximum atomic E-state index is 13.6. The molecule has 0 bridgehead atoms. The quantitative estimate of drug-likeness (QED) is 0.864. The summed E-state index contributed by atoms with van der Waals surface area (Å²) in [5.74, 6) is -0.767. The zero-order chi connectivity index (χ0) is 12.4. The van der Waals surface area contributed by atoms with Crippen molar-refractivity contribution < 1.29 is 9.18 Å². The van der Waals surface area contributed by atoms with Gasteiger partial charge in [0.25, 0.3) is 5.91 Å². The molecule has 2 rings (SSSR count). The summed E-state index contributed by atoms with van der Waals surface area (Å²) in [7, 11) is 0. The average Bonchev–Trinajstić information content (AvgIpc) is 2.31. The minimum Gasteiger partial charge on any atom is -0.337 e. The van der Waals surface area contributed by atoms with Gasteiger partial charge in [0.15, 0.2) is 0 Å². The van der Waals surface area contributed by atoms with Crippen molar-refractivity contribution in [2.24, 2.45) is 5.73 Å². The van der Waals surface area contributed by atoms with Gasteiger partial charge < -0.3 is 10.6 Å². The molecule has 5 heteroatoms. The lowest BCUT2D eigenvalue weighted by molar-refractivity contribution is 0.0704. The number of carbonyl (C=O) groups is 1. The van der Waals surface area contributed by atoms with E-state index in [0.717, 1.165) is 12.8 Å². The highest BCUT2D eigenvalue weighted by atomic mass is 79.9. The van der Waals surface area contributed by atoms with Gasteiger partial charge in [-0.25, -0.2) is 4.39 Å². The second-order valence-electron chi connectivity index (χ2n) is 4.28. The molecule has 1 aromatic carbocycles. The van der Waals surface area contributed by atoms with E-state index in [2.05, 4.69) is 15.9 Å². The number of carbonyl (C=O) groups excluding carboxylic acids is 1. The van der Waals surface area contributed by atoms with Gasteiger partial charge in [0.05, 0.1) is 5.56 Å². The van der Waals surface area contributed by atoms with Gasteiger partial charge in [0.1, 0.15) is 5.82 Å². The third-order valence-corrected chi connectivity index (χ3v) is 3.40. The van der Waals surface area contributed by atoms with E-state index in [9.17, 15) is 9.18 Å². The van der Waals surface area contributed by atoms with Gasteiger partial charge in [0, 0.05) is 23.6 Å². The van der Waals surface area contributed by atoms with Crippen molar-refractivity contribution in [3.8, 4) is 0 Å². The first-order valence-electron chi connectivity index (χ1n) is 5.58. The number of benzene rings is 1. The smallest absolute Gasteiger partial charge is 0.256 e. The lowest BCUT2D eigenvalue weighted by Gasteiger charge is -2.30. The van der Waals surface area contributed by atoms with Crippen molar-refractivity contribution in [1.82, 2.24) is 4.90 Å². The molecule has 0 aromatic heterocycles. The van der Waals surface area contributed by atoms with Crippen LogP contribution in [0.2, 0.25) is 0 Å². The number of likely N-dealkylation sites (tertiary alicyclic amines) is 1. The first kappa shape index (κ1) is 12.5. The van der Waals surface area contributed by atoms with Crippen LogP contribution in [-0.2, 0) is 0 Å². The Morgan fingerprint density at radius 2 is 2.29 bits per heavy atom. The van der Waals surface area contributed by atoms with Crippen LogP contribution >= 0.6 is 15.9 Å². The Morgan fingerprint density at radius 1 is 1.53 bits per heavy atom. The summed E-state index contributed by atoms with van der Waals surface area (Å²) in [5, 5.41) is 0. The fourth-order valence-corrected chi connectivity index (χ4v) is 2.39. The van der Waals surface area contributed by atoms with Crippen LogP contribution in [0.1, 0.15) is 23.2 Å². The Hall–Kier alpha value is -0.940. The first-order chi connectivity index (χ1) is 8.08. The lowest BCUT2D eigenvalue weighted by atomic mass is 10.1. The van der Waals surface area contributed by atoms with Crippen LogP contribution < -0.4 is 5.73 Å². The van der Waals surface area contributed by atoms with E-state index in [1.165, 1.54) is 12.1 Å². The molecule has 1 saturated heterocycles.